The van der Waals surface area contributed by atoms with E-state index in [2.05, 4.69) is 55.3 Å². The summed E-state index contributed by atoms with van der Waals surface area (Å²) in [7, 11) is 0. The van der Waals surface area contributed by atoms with Gasteiger partial charge in [0.1, 0.15) is 0 Å². The Kier molecular flexibility index (Phi) is 6.06. The van der Waals surface area contributed by atoms with Crippen molar-refractivity contribution in [3.63, 3.8) is 0 Å². The quantitative estimate of drug-likeness (QED) is 0.849. The van der Waals surface area contributed by atoms with Gasteiger partial charge in [0, 0.05) is 12.6 Å². The van der Waals surface area contributed by atoms with E-state index in [1.54, 1.807) is 0 Å². The number of nitrogens with zero attached hydrogens (tertiary/aromatic N) is 1. The Morgan fingerprint density at radius 2 is 2.00 bits per heavy atom. The zero-order chi connectivity index (χ0) is 14.4. The predicted octanol–water partition coefficient (Wildman–Crippen LogP) is 3.77. The zero-order valence-electron chi connectivity index (χ0n) is 13.4. The summed E-state index contributed by atoms with van der Waals surface area (Å²) in [6, 6.07) is 9.68. The lowest BCUT2D eigenvalue weighted by atomic mass is 9.96. The molecule has 2 rings (SSSR count). The van der Waals surface area contributed by atoms with Crippen LogP contribution in [0.2, 0.25) is 0 Å². The Bertz CT molecular complexity index is 379. The molecule has 0 aromatic heterocycles. The smallest absolute Gasteiger partial charge is 0.0345 e. The van der Waals surface area contributed by atoms with Crippen LogP contribution in [0.4, 0.5) is 0 Å². The van der Waals surface area contributed by atoms with Gasteiger partial charge in [0.15, 0.2) is 0 Å². The van der Waals surface area contributed by atoms with Crippen LogP contribution in [0.25, 0.3) is 0 Å². The van der Waals surface area contributed by atoms with Gasteiger partial charge in [-0.25, -0.2) is 0 Å². The van der Waals surface area contributed by atoms with E-state index in [0.717, 1.165) is 12.5 Å². The fourth-order valence-corrected chi connectivity index (χ4v) is 3.38. The predicted molar refractivity (Wildman–Crippen MR) is 87.1 cm³/mol. The molecule has 0 spiro atoms. The van der Waals surface area contributed by atoms with Crippen LogP contribution in [0.1, 0.15) is 50.3 Å². The van der Waals surface area contributed by atoms with Gasteiger partial charge in [0.2, 0.25) is 0 Å². The molecule has 0 bridgehead atoms. The molecule has 2 atom stereocenters. The van der Waals surface area contributed by atoms with Gasteiger partial charge < -0.3 is 5.32 Å². The summed E-state index contributed by atoms with van der Waals surface area (Å²) in [4.78, 5) is 2.67. The summed E-state index contributed by atoms with van der Waals surface area (Å²) >= 11 is 0. The van der Waals surface area contributed by atoms with Crippen molar-refractivity contribution >= 4 is 0 Å². The van der Waals surface area contributed by atoms with Crippen molar-refractivity contribution in [1.82, 2.24) is 10.2 Å². The highest BCUT2D eigenvalue weighted by Gasteiger charge is 2.22. The molecule has 2 unspecified atom stereocenters. The van der Waals surface area contributed by atoms with Gasteiger partial charge in [-0.1, -0.05) is 43.7 Å². The molecule has 1 fully saturated rings. The molecule has 1 N–H and O–H groups in total. The summed E-state index contributed by atoms with van der Waals surface area (Å²) in [6.07, 6.45) is 3.91. The first-order valence-electron chi connectivity index (χ1n) is 8.26. The number of piperidine rings is 1. The van der Waals surface area contributed by atoms with Gasteiger partial charge in [-0.15, -0.1) is 0 Å². The Morgan fingerprint density at radius 3 is 2.55 bits per heavy atom. The van der Waals surface area contributed by atoms with E-state index in [1.807, 2.05) is 0 Å². The third-order valence-electron chi connectivity index (χ3n) is 4.59. The van der Waals surface area contributed by atoms with Crippen LogP contribution < -0.4 is 5.32 Å². The number of hydrogen-bond acceptors (Lipinski definition) is 2. The number of nitrogens with one attached hydrogen (secondary N) is 1. The average Bonchev–Trinajstić information content (AvgIpc) is 2.49. The van der Waals surface area contributed by atoms with Crippen molar-refractivity contribution in [2.45, 2.75) is 46.1 Å². The summed E-state index contributed by atoms with van der Waals surface area (Å²) in [6.45, 7) is 11.5. The van der Waals surface area contributed by atoms with E-state index in [9.17, 15) is 0 Å². The topological polar surface area (TPSA) is 15.3 Å². The first-order valence-corrected chi connectivity index (χ1v) is 8.26. The molecule has 1 heterocycles. The van der Waals surface area contributed by atoms with Crippen molar-refractivity contribution in [1.29, 1.82) is 0 Å². The van der Waals surface area contributed by atoms with Crippen molar-refractivity contribution in [2.75, 3.05) is 26.2 Å². The minimum Gasteiger partial charge on any atom is -0.316 e. The Hall–Kier alpha value is -0.860. The molecular formula is C18H30N2. The number of aryl methyl sites for hydroxylation is 1. The fourth-order valence-electron chi connectivity index (χ4n) is 3.38. The number of benzene rings is 1. The van der Waals surface area contributed by atoms with Crippen LogP contribution in [-0.2, 0) is 0 Å². The number of rotatable bonds is 6. The summed E-state index contributed by atoms with van der Waals surface area (Å²) in [5.41, 5.74) is 2.83. The first kappa shape index (κ1) is 15.5. The van der Waals surface area contributed by atoms with E-state index in [1.165, 1.54) is 50.0 Å². The van der Waals surface area contributed by atoms with Gasteiger partial charge >= 0.3 is 0 Å². The molecule has 2 heteroatoms. The van der Waals surface area contributed by atoms with E-state index < -0.39 is 0 Å². The second-order valence-electron chi connectivity index (χ2n) is 6.13. The molecule has 1 aromatic rings. The molecule has 2 nitrogen and oxygen atoms in total. The van der Waals surface area contributed by atoms with E-state index in [-0.39, 0.29) is 0 Å². The van der Waals surface area contributed by atoms with Crippen LogP contribution in [0.15, 0.2) is 24.3 Å². The highest BCUT2D eigenvalue weighted by atomic mass is 15.2. The molecular weight excluding hydrogens is 244 g/mol. The maximum Gasteiger partial charge on any atom is 0.0345 e. The molecule has 0 aliphatic carbocycles. The van der Waals surface area contributed by atoms with Crippen LogP contribution in [0.3, 0.4) is 0 Å². The maximum absolute atomic E-state index is 3.54. The molecule has 1 aliphatic heterocycles. The van der Waals surface area contributed by atoms with Gasteiger partial charge in [0.25, 0.3) is 0 Å². The van der Waals surface area contributed by atoms with Crippen LogP contribution in [0, 0.1) is 12.8 Å². The molecule has 1 saturated heterocycles. The molecule has 1 aromatic carbocycles. The normalized spacial score (nSPS) is 21.1. The molecule has 0 radical (unpaired) electrons. The standard InChI is InChI=1S/C18H30N2/c1-4-18(17-10-8-15(3)9-11-17)20(5-2)14-16-7-6-12-19-13-16/h8-11,16,18-19H,4-7,12-14H2,1-3H3. The monoisotopic (exact) mass is 274 g/mol. The van der Waals surface area contributed by atoms with Crippen LogP contribution >= 0.6 is 0 Å². The van der Waals surface area contributed by atoms with Crippen molar-refractivity contribution in [3.05, 3.63) is 35.4 Å². The SMILES string of the molecule is CCC(c1ccc(C)cc1)N(CC)CC1CCCNC1. The van der Waals surface area contributed by atoms with E-state index in [4.69, 9.17) is 0 Å². The molecule has 20 heavy (non-hydrogen) atoms. The minimum atomic E-state index is 0.572. The average molecular weight is 274 g/mol. The molecule has 112 valence electrons. The Labute approximate surface area is 124 Å². The fraction of sp³-hybridized carbons (Fsp3) is 0.667. The van der Waals surface area contributed by atoms with Crippen LogP contribution in [-0.4, -0.2) is 31.1 Å². The Morgan fingerprint density at radius 1 is 1.25 bits per heavy atom. The van der Waals surface area contributed by atoms with Crippen molar-refractivity contribution < 1.29 is 0 Å². The summed E-state index contributed by atoms with van der Waals surface area (Å²) in [5.74, 6) is 0.822. The molecule has 1 aliphatic rings. The van der Waals surface area contributed by atoms with Gasteiger partial charge in [-0.3, -0.25) is 4.90 Å². The second-order valence-corrected chi connectivity index (χ2v) is 6.13. The molecule has 0 amide bonds. The Balaban J connectivity index is 2.04. The van der Waals surface area contributed by atoms with Gasteiger partial charge in [-0.2, -0.15) is 0 Å². The van der Waals surface area contributed by atoms with Crippen LogP contribution in [0.5, 0.6) is 0 Å². The molecule has 0 saturated carbocycles. The number of hydrogen-bond donors (Lipinski definition) is 1. The van der Waals surface area contributed by atoms with Crippen molar-refractivity contribution in [2.24, 2.45) is 5.92 Å². The largest absolute Gasteiger partial charge is 0.316 e. The minimum absolute atomic E-state index is 0.572. The third-order valence-corrected chi connectivity index (χ3v) is 4.59. The second kappa shape index (κ2) is 7.80. The van der Waals surface area contributed by atoms with Gasteiger partial charge in [0.05, 0.1) is 0 Å². The third kappa shape index (κ3) is 4.07. The zero-order valence-corrected chi connectivity index (χ0v) is 13.4. The lowest BCUT2D eigenvalue weighted by Crippen LogP contribution is -2.39. The summed E-state index contributed by atoms with van der Waals surface area (Å²) < 4.78 is 0. The maximum atomic E-state index is 3.54. The van der Waals surface area contributed by atoms with E-state index in [0.29, 0.717) is 6.04 Å². The first-order chi connectivity index (χ1) is 9.74. The highest BCUT2D eigenvalue weighted by Crippen LogP contribution is 2.26. The lowest BCUT2D eigenvalue weighted by molar-refractivity contribution is 0.157. The van der Waals surface area contributed by atoms with Gasteiger partial charge in [-0.05, 0) is 57.3 Å². The van der Waals surface area contributed by atoms with E-state index >= 15 is 0 Å². The summed E-state index contributed by atoms with van der Waals surface area (Å²) in [5, 5.41) is 3.54. The highest BCUT2D eigenvalue weighted by molar-refractivity contribution is 5.24. The van der Waals surface area contributed by atoms with Crippen molar-refractivity contribution in [3.8, 4) is 0 Å². The lowest BCUT2D eigenvalue weighted by Gasteiger charge is -2.35.